The van der Waals surface area contributed by atoms with Crippen LogP contribution in [0.1, 0.15) is 52.8 Å². The first-order valence-corrected chi connectivity index (χ1v) is 6.16. The van der Waals surface area contributed by atoms with Crippen LogP contribution in [-0.2, 0) is 0 Å². The maximum absolute atomic E-state index is 12.0. The van der Waals surface area contributed by atoms with Crippen LogP contribution in [0.5, 0.6) is 0 Å². The van der Waals surface area contributed by atoms with Crippen molar-refractivity contribution in [2.24, 2.45) is 0 Å². The van der Waals surface area contributed by atoms with Crippen molar-refractivity contribution in [2.75, 3.05) is 0 Å². The van der Waals surface area contributed by atoms with Crippen molar-refractivity contribution in [3.8, 4) is 0 Å². The second-order valence-corrected chi connectivity index (χ2v) is 4.51. The van der Waals surface area contributed by atoms with E-state index in [0.717, 1.165) is 19.1 Å². The molecule has 1 saturated carbocycles. The largest absolute Gasteiger partial charge is 0.349 e. The molecule has 3 heteroatoms. The van der Waals surface area contributed by atoms with Gasteiger partial charge in [0, 0.05) is 17.2 Å². The van der Waals surface area contributed by atoms with E-state index in [1.165, 1.54) is 19.3 Å². The summed E-state index contributed by atoms with van der Waals surface area (Å²) in [6.45, 7) is 0. The molecular formula is C14H17NO2. The molecular weight excluding hydrogens is 214 g/mol. The molecule has 0 atom stereocenters. The van der Waals surface area contributed by atoms with Gasteiger partial charge >= 0.3 is 0 Å². The maximum Gasteiger partial charge on any atom is 0.252 e. The Morgan fingerprint density at radius 2 is 1.88 bits per heavy atom. The highest BCUT2D eigenvalue weighted by Crippen LogP contribution is 2.18. The van der Waals surface area contributed by atoms with E-state index in [2.05, 4.69) is 5.32 Å². The van der Waals surface area contributed by atoms with E-state index < -0.39 is 0 Å². The Morgan fingerprint density at radius 1 is 1.18 bits per heavy atom. The van der Waals surface area contributed by atoms with E-state index in [0.29, 0.717) is 11.1 Å². The molecule has 1 aromatic carbocycles. The zero-order chi connectivity index (χ0) is 12.1. The highest BCUT2D eigenvalue weighted by atomic mass is 16.2. The first-order chi connectivity index (χ1) is 8.31. The molecule has 90 valence electrons. The lowest BCUT2D eigenvalue weighted by Crippen LogP contribution is -2.36. The van der Waals surface area contributed by atoms with Gasteiger partial charge in [0.2, 0.25) is 0 Å². The molecule has 0 aromatic heterocycles. The lowest BCUT2D eigenvalue weighted by Gasteiger charge is -2.23. The summed E-state index contributed by atoms with van der Waals surface area (Å²) in [5, 5.41) is 3.01. The van der Waals surface area contributed by atoms with E-state index >= 15 is 0 Å². The number of carbonyl (C=O) groups is 2. The Balaban J connectivity index is 2.05. The third-order valence-corrected chi connectivity index (χ3v) is 3.27. The Hall–Kier alpha value is -1.64. The van der Waals surface area contributed by atoms with Crippen LogP contribution in [0.2, 0.25) is 0 Å². The molecule has 1 aliphatic carbocycles. The summed E-state index contributed by atoms with van der Waals surface area (Å²) in [6, 6.07) is 7.19. The minimum Gasteiger partial charge on any atom is -0.349 e. The zero-order valence-corrected chi connectivity index (χ0v) is 9.82. The Labute approximate surface area is 101 Å². The minimum absolute atomic E-state index is 0.125. The van der Waals surface area contributed by atoms with E-state index in [4.69, 9.17) is 0 Å². The van der Waals surface area contributed by atoms with Crippen molar-refractivity contribution >= 4 is 12.2 Å². The molecule has 0 heterocycles. The van der Waals surface area contributed by atoms with Gasteiger partial charge in [0.1, 0.15) is 0 Å². The number of rotatable bonds is 3. The summed E-state index contributed by atoms with van der Waals surface area (Å²) in [5.74, 6) is -0.125. The van der Waals surface area contributed by atoms with Gasteiger partial charge in [0.25, 0.3) is 5.91 Å². The lowest BCUT2D eigenvalue weighted by atomic mass is 9.95. The van der Waals surface area contributed by atoms with Crippen molar-refractivity contribution in [3.05, 3.63) is 35.4 Å². The van der Waals surface area contributed by atoms with Gasteiger partial charge in [0.15, 0.2) is 6.29 Å². The second kappa shape index (κ2) is 5.62. The summed E-state index contributed by atoms with van der Waals surface area (Å²) >= 11 is 0. The monoisotopic (exact) mass is 231 g/mol. The third-order valence-electron chi connectivity index (χ3n) is 3.27. The molecule has 0 saturated heterocycles. The van der Waals surface area contributed by atoms with Crippen LogP contribution in [0.4, 0.5) is 0 Å². The molecule has 1 N–H and O–H groups in total. The van der Waals surface area contributed by atoms with Crippen molar-refractivity contribution < 1.29 is 9.59 Å². The fourth-order valence-electron chi connectivity index (χ4n) is 2.32. The fourth-order valence-corrected chi connectivity index (χ4v) is 2.32. The number of amides is 1. The van der Waals surface area contributed by atoms with Crippen molar-refractivity contribution in [3.63, 3.8) is 0 Å². The quantitative estimate of drug-likeness (QED) is 0.813. The predicted octanol–water partition coefficient (Wildman–Crippen LogP) is 2.56. The summed E-state index contributed by atoms with van der Waals surface area (Å²) in [5.41, 5.74) is 0.939. The smallest absolute Gasteiger partial charge is 0.252 e. The summed E-state index contributed by atoms with van der Waals surface area (Å²) in [4.78, 5) is 22.9. The molecule has 0 spiro atoms. The number of hydrogen-bond acceptors (Lipinski definition) is 2. The summed E-state index contributed by atoms with van der Waals surface area (Å²) in [7, 11) is 0. The van der Waals surface area contributed by atoms with Gasteiger partial charge in [-0.3, -0.25) is 9.59 Å². The Kier molecular flexibility index (Phi) is 3.91. The number of carbonyl (C=O) groups excluding carboxylic acids is 2. The molecule has 3 nitrogen and oxygen atoms in total. The van der Waals surface area contributed by atoms with Gasteiger partial charge in [-0.05, 0) is 18.9 Å². The normalized spacial score (nSPS) is 16.5. The van der Waals surface area contributed by atoms with E-state index in [1.54, 1.807) is 24.3 Å². The first-order valence-electron chi connectivity index (χ1n) is 6.16. The number of aldehydes is 1. The van der Waals surface area contributed by atoms with E-state index in [1.807, 2.05) is 0 Å². The van der Waals surface area contributed by atoms with Crippen LogP contribution >= 0.6 is 0 Å². The predicted molar refractivity (Wildman–Crippen MR) is 66.2 cm³/mol. The first kappa shape index (κ1) is 11.8. The van der Waals surface area contributed by atoms with Gasteiger partial charge in [0.05, 0.1) is 0 Å². The summed E-state index contributed by atoms with van der Waals surface area (Å²) < 4.78 is 0. The molecule has 1 amide bonds. The van der Waals surface area contributed by atoms with Gasteiger partial charge in [-0.2, -0.15) is 0 Å². The average Bonchev–Trinajstić information content (AvgIpc) is 2.40. The zero-order valence-electron chi connectivity index (χ0n) is 9.82. The molecule has 1 aromatic rings. The molecule has 0 bridgehead atoms. The number of nitrogens with one attached hydrogen (secondary N) is 1. The van der Waals surface area contributed by atoms with E-state index in [9.17, 15) is 9.59 Å². The molecule has 0 aliphatic heterocycles. The Bertz CT molecular complexity index is 408. The van der Waals surface area contributed by atoms with Crippen molar-refractivity contribution in [1.29, 1.82) is 0 Å². The molecule has 2 rings (SSSR count). The molecule has 0 radical (unpaired) electrons. The third kappa shape index (κ3) is 2.93. The van der Waals surface area contributed by atoms with Gasteiger partial charge in [-0.15, -0.1) is 0 Å². The van der Waals surface area contributed by atoms with Crippen molar-refractivity contribution in [2.45, 2.75) is 38.1 Å². The molecule has 1 aliphatic rings. The summed E-state index contributed by atoms with van der Waals surface area (Å²) in [6.07, 6.45) is 6.46. The topological polar surface area (TPSA) is 46.2 Å². The van der Waals surface area contributed by atoms with Gasteiger partial charge < -0.3 is 5.32 Å². The van der Waals surface area contributed by atoms with Crippen LogP contribution in [0.15, 0.2) is 24.3 Å². The standard InChI is InChI=1S/C14H17NO2/c16-10-11-6-4-5-9-13(11)14(17)15-12-7-2-1-3-8-12/h4-6,9-10,12H,1-3,7-8H2,(H,15,17). The Morgan fingerprint density at radius 3 is 2.59 bits per heavy atom. The van der Waals surface area contributed by atoms with Crippen LogP contribution in [0, 0.1) is 0 Å². The highest BCUT2D eigenvalue weighted by Gasteiger charge is 2.17. The second-order valence-electron chi connectivity index (χ2n) is 4.51. The highest BCUT2D eigenvalue weighted by molar-refractivity contribution is 6.01. The molecule has 1 fully saturated rings. The van der Waals surface area contributed by atoms with Gasteiger partial charge in [-0.25, -0.2) is 0 Å². The average molecular weight is 231 g/mol. The lowest BCUT2D eigenvalue weighted by molar-refractivity contribution is 0.0923. The van der Waals surface area contributed by atoms with Crippen LogP contribution in [-0.4, -0.2) is 18.2 Å². The maximum atomic E-state index is 12.0. The molecule has 17 heavy (non-hydrogen) atoms. The van der Waals surface area contributed by atoms with Gasteiger partial charge in [-0.1, -0.05) is 37.5 Å². The number of benzene rings is 1. The van der Waals surface area contributed by atoms with Crippen LogP contribution in [0.3, 0.4) is 0 Å². The minimum atomic E-state index is -0.125. The van der Waals surface area contributed by atoms with Crippen molar-refractivity contribution in [1.82, 2.24) is 5.32 Å². The fraction of sp³-hybridized carbons (Fsp3) is 0.429. The SMILES string of the molecule is O=Cc1ccccc1C(=O)NC1CCCCC1. The van der Waals surface area contributed by atoms with E-state index in [-0.39, 0.29) is 11.9 Å². The number of hydrogen-bond donors (Lipinski definition) is 1. The van der Waals surface area contributed by atoms with Crippen LogP contribution in [0.25, 0.3) is 0 Å². The molecule has 0 unspecified atom stereocenters. The van der Waals surface area contributed by atoms with Crippen LogP contribution < -0.4 is 5.32 Å².